The first-order chi connectivity index (χ1) is 8.77. The molecular formula is C11H13NO6S. The Balaban J connectivity index is 2.90. The Kier molecular flexibility index (Phi) is 4.49. The number of sulfonamides is 1. The molecule has 0 aromatic heterocycles. The molecule has 2 N–H and O–H groups in total. The number of carbonyl (C=O) groups is 2. The Morgan fingerprint density at radius 2 is 1.79 bits per heavy atom. The van der Waals surface area contributed by atoms with Crippen molar-refractivity contribution in [2.45, 2.75) is 12.2 Å². The monoisotopic (exact) mass is 287 g/mol. The highest BCUT2D eigenvalue weighted by Crippen LogP contribution is 2.14. The Morgan fingerprint density at radius 3 is 2.21 bits per heavy atom. The molecule has 104 valence electrons. The lowest BCUT2D eigenvalue weighted by Crippen LogP contribution is -2.32. The van der Waals surface area contributed by atoms with Crippen molar-refractivity contribution in [3.8, 4) is 0 Å². The summed E-state index contributed by atoms with van der Waals surface area (Å²) < 4.78 is 29.9. The standard InChI is InChI=1S/C11H13NO6S/c1-7(10(13)14)19(16,17)12-9-5-3-8(4-6-9)11(15)18-2/h3-7,12H,1-2H3,(H,13,14). The molecule has 19 heavy (non-hydrogen) atoms. The van der Waals surface area contributed by atoms with Gasteiger partial charge in [-0.15, -0.1) is 0 Å². The van der Waals surface area contributed by atoms with Crippen LogP contribution in [0.15, 0.2) is 24.3 Å². The minimum atomic E-state index is -4.02. The van der Waals surface area contributed by atoms with Gasteiger partial charge in [-0.2, -0.15) is 0 Å². The number of methoxy groups -OCH3 is 1. The van der Waals surface area contributed by atoms with Crippen molar-refractivity contribution >= 4 is 27.6 Å². The summed E-state index contributed by atoms with van der Waals surface area (Å²) in [5.41, 5.74) is 0.428. The number of ether oxygens (including phenoxy) is 1. The minimum Gasteiger partial charge on any atom is -0.480 e. The fourth-order valence-corrected chi connectivity index (χ4v) is 2.08. The van der Waals surface area contributed by atoms with Crippen LogP contribution in [0.1, 0.15) is 17.3 Å². The molecule has 0 aliphatic rings. The van der Waals surface area contributed by atoms with E-state index in [0.29, 0.717) is 0 Å². The number of hydrogen-bond acceptors (Lipinski definition) is 5. The van der Waals surface area contributed by atoms with E-state index in [-0.39, 0.29) is 11.3 Å². The van der Waals surface area contributed by atoms with Gasteiger partial charge in [0.15, 0.2) is 5.25 Å². The van der Waals surface area contributed by atoms with Gasteiger partial charge in [0, 0.05) is 5.69 Å². The van der Waals surface area contributed by atoms with E-state index < -0.39 is 27.2 Å². The molecule has 1 rings (SSSR count). The Morgan fingerprint density at radius 1 is 1.26 bits per heavy atom. The van der Waals surface area contributed by atoms with E-state index in [4.69, 9.17) is 5.11 Å². The number of esters is 1. The van der Waals surface area contributed by atoms with Gasteiger partial charge >= 0.3 is 11.9 Å². The molecule has 0 heterocycles. The predicted molar refractivity (Wildman–Crippen MR) is 67.4 cm³/mol. The molecule has 0 saturated carbocycles. The number of carboxylic acids is 1. The lowest BCUT2D eigenvalue weighted by Gasteiger charge is -2.11. The van der Waals surface area contributed by atoms with E-state index in [0.717, 1.165) is 6.92 Å². The van der Waals surface area contributed by atoms with Crippen molar-refractivity contribution < 1.29 is 27.9 Å². The Bertz CT molecular complexity index is 578. The SMILES string of the molecule is COC(=O)c1ccc(NS(=O)(=O)C(C)C(=O)O)cc1. The molecule has 0 aliphatic heterocycles. The normalized spacial score (nSPS) is 12.5. The summed E-state index contributed by atoms with van der Waals surface area (Å²) in [4.78, 5) is 21.8. The van der Waals surface area contributed by atoms with Gasteiger partial charge in [-0.05, 0) is 31.2 Å². The summed E-state index contributed by atoms with van der Waals surface area (Å²) in [5, 5.41) is 7.09. The summed E-state index contributed by atoms with van der Waals surface area (Å²) in [7, 11) is -2.79. The number of carbonyl (C=O) groups excluding carboxylic acids is 1. The number of nitrogens with one attached hydrogen (secondary N) is 1. The van der Waals surface area contributed by atoms with E-state index in [2.05, 4.69) is 9.46 Å². The third kappa shape index (κ3) is 3.68. The second kappa shape index (κ2) is 5.70. The fraction of sp³-hybridized carbons (Fsp3) is 0.273. The van der Waals surface area contributed by atoms with E-state index in [9.17, 15) is 18.0 Å². The second-order valence-electron chi connectivity index (χ2n) is 3.70. The van der Waals surface area contributed by atoms with Gasteiger partial charge in [0.05, 0.1) is 12.7 Å². The van der Waals surface area contributed by atoms with Gasteiger partial charge in [0.2, 0.25) is 10.0 Å². The fourth-order valence-electron chi connectivity index (χ4n) is 1.18. The molecular weight excluding hydrogens is 274 g/mol. The van der Waals surface area contributed by atoms with Gasteiger partial charge < -0.3 is 9.84 Å². The molecule has 1 aromatic rings. The zero-order chi connectivity index (χ0) is 14.6. The number of hydrogen-bond donors (Lipinski definition) is 2. The van der Waals surface area contributed by atoms with E-state index in [1.807, 2.05) is 0 Å². The van der Waals surface area contributed by atoms with Gasteiger partial charge in [-0.25, -0.2) is 13.2 Å². The smallest absolute Gasteiger partial charge is 0.337 e. The number of anilines is 1. The largest absolute Gasteiger partial charge is 0.480 e. The number of carboxylic acid groups (broad SMARTS) is 1. The molecule has 0 fully saturated rings. The first-order valence-corrected chi connectivity index (χ1v) is 6.75. The number of benzene rings is 1. The predicted octanol–water partition coefficient (Wildman–Crippen LogP) is 0.688. The molecule has 1 aromatic carbocycles. The van der Waals surface area contributed by atoms with E-state index >= 15 is 0 Å². The molecule has 0 aliphatic carbocycles. The zero-order valence-electron chi connectivity index (χ0n) is 10.3. The number of rotatable bonds is 5. The molecule has 0 saturated heterocycles. The summed E-state index contributed by atoms with van der Waals surface area (Å²) in [6, 6.07) is 5.43. The molecule has 0 amide bonds. The summed E-state index contributed by atoms with van der Waals surface area (Å²) >= 11 is 0. The van der Waals surface area contributed by atoms with E-state index in [1.165, 1.54) is 31.4 Å². The van der Waals surface area contributed by atoms with Crippen molar-refractivity contribution in [1.29, 1.82) is 0 Å². The van der Waals surface area contributed by atoms with Crippen LogP contribution in [0, 0.1) is 0 Å². The third-order valence-electron chi connectivity index (χ3n) is 2.38. The maximum absolute atomic E-state index is 11.6. The molecule has 8 heteroatoms. The molecule has 0 bridgehead atoms. The first kappa shape index (κ1) is 15.0. The van der Waals surface area contributed by atoms with Crippen molar-refractivity contribution in [2.75, 3.05) is 11.8 Å². The highest BCUT2D eigenvalue weighted by atomic mass is 32.2. The summed E-state index contributed by atoms with van der Waals surface area (Å²) in [6.07, 6.45) is 0. The topological polar surface area (TPSA) is 110 Å². The summed E-state index contributed by atoms with van der Waals surface area (Å²) in [6.45, 7) is 1.06. The van der Waals surface area contributed by atoms with Gasteiger partial charge in [0.1, 0.15) is 0 Å². The third-order valence-corrected chi connectivity index (χ3v) is 4.03. The average molecular weight is 287 g/mol. The van der Waals surface area contributed by atoms with Crippen LogP contribution in [0.5, 0.6) is 0 Å². The van der Waals surface area contributed by atoms with Crippen LogP contribution in [0.3, 0.4) is 0 Å². The van der Waals surface area contributed by atoms with Gasteiger partial charge in [-0.1, -0.05) is 0 Å². The van der Waals surface area contributed by atoms with Crippen LogP contribution in [0.4, 0.5) is 5.69 Å². The van der Waals surface area contributed by atoms with E-state index in [1.54, 1.807) is 0 Å². The Hall–Kier alpha value is -2.09. The van der Waals surface area contributed by atoms with Crippen LogP contribution >= 0.6 is 0 Å². The van der Waals surface area contributed by atoms with Crippen LogP contribution in [0.2, 0.25) is 0 Å². The number of aliphatic carboxylic acids is 1. The van der Waals surface area contributed by atoms with Crippen LogP contribution in [-0.4, -0.2) is 37.8 Å². The van der Waals surface area contributed by atoms with Crippen LogP contribution in [0.25, 0.3) is 0 Å². The lowest BCUT2D eigenvalue weighted by molar-refractivity contribution is -0.136. The van der Waals surface area contributed by atoms with Crippen molar-refractivity contribution in [3.63, 3.8) is 0 Å². The van der Waals surface area contributed by atoms with Gasteiger partial charge in [0.25, 0.3) is 0 Å². The first-order valence-electron chi connectivity index (χ1n) is 5.20. The van der Waals surface area contributed by atoms with Crippen LogP contribution < -0.4 is 4.72 Å². The lowest BCUT2D eigenvalue weighted by atomic mass is 10.2. The maximum Gasteiger partial charge on any atom is 0.337 e. The molecule has 1 unspecified atom stereocenters. The van der Waals surface area contributed by atoms with Crippen molar-refractivity contribution in [2.24, 2.45) is 0 Å². The quantitative estimate of drug-likeness (QED) is 0.771. The molecule has 1 atom stereocenters. The van der Waals surface area contributed by atoms with Crippen molar-refractivity contribution in [1.82, 2.24) is 0 Å². The maximum atomic E-state index is 11.6. The average Bonchev–Trinajstić information content (AvgIpc) is 2.37. The summed E-state index contributed by atoms with van der Waals surface area (Å²) in [5.74, 6) is -1.99. The second-order valence-corrected chi connectivity index (χ2v) is 5.70. The Labute approximate surface area is 110 Å². The van der Waals surface area contributed by atoms with Crippen molar-refractivity contribution in [3.05, 3.63) is 29.8 Å². The highest BCUT2D eigenvalue weighted by Gasteiger charge is 2.27. The van der Waals surface area contributed by atoms with Crippen LogP contribution in [-0.2, 0) is 19.6 Å². The molecule has 0 spiro atoms. The molecule has 7 nitrogen and oxygen atoms in total. The zero-order valence-corrected chi connectivity index (χ0v) is 11.1. The van der Waals surface area contributed by atoms with Gasteiger partial charge in [-0.3, -0.25) is 9.52 Å². The molecule has 0 radical (unpaired) electrons. The highest BCUT2D eigenvalue weighted by molar-refractivity contribution is 7.94. The minimum absolute atomic E-state index is 0.167.